The van der Waals surface area contributed by atoms with Crippen LogP contribution < -0.4 is 0 Å². The topological polar surface area (TPSA) is 43.6 Å². The van der Waals surface area contributed by atoms with E-state index in [1.165, 1.54) is 22.8 Å². The minimum atomic E-state index is 0.599. The number of hydrogen-bond donors (Lipinski definition) is 0. The second-order valence-electron chi connectivity index (χ2n) is 3.65. The van der Waals surface area contributed by atoms with Gasteiger partial charge in [0.25, 0.3) is 0 Å². The lowest BCUT2D eigenvalue weighted by molar-refractivity contribution is 0.644. The van der Waals surface area contributed by atoms with E-state index in [4.69, 9.17) is 11.6 Å². The SMILES string of the molecule is CCc1c(C)nn(Cc2nnsc2Cl)c1C. The molecule has 0 saturated heterocycles. The maximum atomic E-state index is 5.97. The standard InChI is InChI=1S/C10H13ClN4S/c1-4-8-6(2)13-15(7(8)3)5-9-10(11)16-14-12-9/h4-5H2,1-3H3. The number of nitrogens with zero attached hydrogens (tertiary/aromatic N) is 4. The van der Waals surface area contributed by atoms with Gasteiger partial charge in [0.15, 0.2) is 0 Å². The first-order valence-corrected chi connectivity index (χ1v) is 6.28. The Morgan fingerprint density at radius 2 is 2.12 bits per heavy atom. The molecule has 2 heterocycles. The smallest absolute Gasteiger partial charge is 0.139 e. The summed E-state index contributed by atoms with van der Waals surface area (Å²) in [7, 11) is 0. The molecule has 0 aliphatic rings. The fourth-order valence-electron chi connectivity index (χ4n) is 1.83. The zero-order valence-corrected chi connectivity index (χ0v) is 11.1. The van der Waals surface area contributed by atoms with Gasteiger partial charge in [-0.05, 0) is 25.8 Å². The van der Waals surface area contributed by atoms with E-state index in [1.54, 1.807) is 0 Å². The molecule has 2 rings (SSSR count). The molecule has 0 aromatic carbocycles. The molecule has 0 spiro atoms. The van der Waals surface area contributed by atoms with Gasteiger partial charge < -0.3 is 0 Å². The van der Waals surface area contributed by atoms with E-state index in [-0.39, 0.29) is 0 Å². The zero-order chi connectivity index (χ0) is 11.7. The fraction of sp³-hybridized carbons (Fsp3) is 0.500. The fourth-order valence-corrected chi connectivity index (χ4v) is 2.44. The zero-order valence-electron chi connectivity index (χ0n) is 9.49. The van der Waals surface area contributed by atoms with Crippen LogP contribution in [0.25, 0.3) is 0 Å². The third kappa shape index (κ3) is 1.97. The van der Waals surface area contributed by atoms with E-state index in [0.717, 1.165) is 17.8 Å². The van der Waals surface area contributed by atoms with Crippen LogP contribution in [0.2, 0.25) is 4.34 Å². The van der Waals surface area contributed by atoms with E-state index in [0.29, 0.717) is 10.9 Å². The molecule has 2 aromatic rings. The molecule has 2 aromatic heterocycles. The Labute approximate surface area is 103 Å². The molecule has 16 heavy (non-hydrogen) atoms. The molecule has 0 bridgehead atoms. The molecule has 0 aliphatic carbocycles. The van der Waals surface area contributed by atoms with Crippen molar-refractivity contribution >= 4 is 23.1 Å². The van der Waals surface area contributed by atoms with Gasteiger partial charge >= 0.3 is 0 Å². The van der Waals surface area contributed by atoms with Gasteiger partial charge in [0.2, 0.25) is 0 Å². The average molecular weight is 257 g/mol. The first-order chi connectivity index (χ1) is 7.63. The van der Waals surface area contributed by atoms with Crippen LogP contribution in [0.4, 0.5) is 0 Å². The van der Waals surface area contributed by atoms with Crippen LogP contribution in [-0.2, 0) is 13.0 Å². The van der Waals surface area contributed by atoms with Gasteiger partial charge in [-0.25, -0.2) is 0 Å². The van der Waals surface area contributed by atoms with Crippen LogP contribution >= 0.6 is 23.1 Å². The van der Waals surface area contributed by atoms with Gasteiger partial charge in [-0.3, -0.25) is 4.68 Å². The molecule has 6 heteroatoms. The van der Waals surface area contributed by atoms with Gasteiger partial charge in [0.1, 0.15) is 10.0 Å². The maximum Gasteiger partial charge on any atom is 0.139 e. The van der Waals surface area contributed by atoms with Crippen molar-refractivity contribution in [3.8, 4) is 0 Å². The summed E-state index contributed by atoms with van der Waals surface area (Å²) in [5, 5.41) is 8.48. The summed E-state index contributed by atoms with van der Waals surface area (Å²) in [6.45, 7) is 6.84. The summed E-state index contributed by atoms with van der Waals surface area (Å²) in [5.74, 6) is 0. The highest BCUT2D eigenvalue weighted by Gasteiger charge is 2.12. The third-order valence-electron chi connectivity index (χ3n) is 2.69. The number of rotatable bonds is 3. The second-order valence-corrected chi connectivity index (χ2v) is 5.01. The molecule has 0 atom stereocenters. The van der Waals surface area contributed by atoms with E-state index < -0.39 is 0 Å². The third-order valence-corrected chi connectivity index (χ3v) is 3.68. The highest BCUT2D eigenvalue weighted by Crippen LogP contribution is 2.20. The lowest BCUT2D eigenvalue weighted by Gasteiger charge is -2.02. The Kier molecular flexibility index (Phi) is 3.25. The molecule has 0 N–H and O–H groups in total. The Balaban J connectivity index is 2.32. The summed E-state index contributed by atoms with van der Waals surface area (Å²) in [6.07, 6.45) is 1.00. The number of aromatic nitrogens is 4. The van der Waals surface area contributed by atoms with E-state index >= 15 is 0 Å². The first kappa shape index (κ1) is 11.5. The molecule has 0 fully saturated rings. The van der Waals surface area contributed by atoms with Gasteiger partial charge in [0, 0.05) is 17.2 Å². The summed E-state index contributed by atoms with van der Waals surface area (Å²) >= 11 is 7.18. The van der Waals surface area contributed by atoms with E-state index in [9.17, 15) is 0 Å². The highest BCUT2D eigenvalue weighted by atomic mass is 35.5. The minimum absolute atomic E-state index is 0.599. The molecular weight excluding hydrogens is 244 g/mol. The Morgan fingerprint density at radius 1 is 1.38 bits per heavy atom. The number of hydrogen-bond acceptors (Lipinski definition) is 4. The van der Waals surface area contributed by atoms with Crippen molar-refractivity contribution in [1.82, 2.24) is 19.4 Å². The molecule has 0 saturated carbocycles. The van der Waals surface area contributed by atoms with E-state index in [2.05, 4.69) is 28.5 Å². The molecule has 0 radical (unpaired) electrons. The van der Waals surface area contributed by atoms with Crippen molar-refractivity contribution in [2.75, 3.05) is 0 Å². The predicted octanol–water partition coefficient (Wildman–Crippen LogP) is 2.62. The number of halogens is 1. The molecule has 4 nitrogen and oxygen atoms in total. The largest absolute Gasteiger partial charge is 0.263 e. The van der Waals surface area contributed by atoms with Gasteiger partial charge in [-0.15, -0.1) is 5.10 Å². The Hall–Kier alpha value is -0.940. The van der Waals surface area contributed by atoms with Crippen LogP contribution in [-0.4, -0.2) is 19.4 Å². The summed E-state index contributed by atoms with van der Waals surface area (Å²) in [6, 6.07) is 0. The normalized spacial score (nSPS) is 11.0. The van der Waals surface area contributed by atoms with E-state index in [1.807, 2.05) is 11.6 Å². The monoisotopic (exact) mass is 256 g/mol. The van der Waals surface area contributed by atoms with Crippen LogP contribution in [0.15, 0.2) is 0 Å². The van der Waals surface area contributed by atoms with Crippen molar-refractivity contribution in [2.45, 2.75) is 33.7 Å². The van der Waals surface area contributed by atoms with Crippen molar-refractivity contribution in [2.24, 2.45) is 0 Å². The van der Waals surface area contributed by atoms with Gasteiger partial charge in [0.05, 0.1) is 12.2 Å². The maximum absolute atomic E-state index is 5.97. The lowest BCUT2D eigenvalue weighted by Crippen LogP contribution is -2.05. The summed E-state index contributed by atoms with van der Waals surface area (Å²) in [5.41, 5.74) is 4.36. The Bertz CT molecular complexity index is 503. The molecule has 0 amide bonds. The van der Waals surface area contributed by atoms with Crippen LogP contribution in [0.1, 0.15) is 29.6 Å². The van der Waals surface area contributed by atoms with Crippen molar-refractivity contribution in [3.05, 3.63) is 27.0 Å². The second kappa shape index (κ2) is 4.51. The lowest BCUT2D eigenvalue weighted by atomic mass is 10.1. The van der Waals surface area contributed by atoms with Crippen molar-refractivity contribution in [1.29, 1.82) is 0 Å². The average Bonchev–Trinajstić information content (AvgIpc) is 2.74. The van der Waals surface area contributed by atoms with Crippen molar-refractivity contribution < 1.29 is 0 Å². The van der Waals surface area contributed by atoms with Crippen LogP contribution in [0.3, 0.4) is 0 Å². The van der Waals surface area contributed by atoms with Crippen LogP contribution in [0, 0.1) is 13.8 Å². The molecule has 0 aliphatic heterocycles. The molecular formula is C10H13ClN4S. The first-order valence-electron chi connectivity index (χ1n) is 5.13. The highest BCUT2D eigenvalue weighted by molar-refractivity contribution is 7.10. The molecule has 86 valence electrons. The minimum Gasteiger partial charge on any atom is -0.263 e. The Morgan fingerprint density at radius 3 is 2.62 bits per heavy atom. The summed E-state index contributed by atoms with van der Waals surface area (Å²) in [4.78, 5) is 0. The van der Waals surface area contributed by atoms with Gasteiger partial charge in [-0.1, -0.05) is 23.0 Å². The van der Waals surface area contributed by atoms with Crippen molar-refractivity contribution in [3.63, 3.8) is 0 Å². The molecule has 0 unspecified atom stereocenters. The number of aryl methyl sites for hydroxylation is 1. The van der Waals surface area contributed by atoms with Gasteiger partial charge in [-0.2, -0.15) is 5.10 Å². The van der Waals surface area contributed by atoms with Crippen LogP contribution in [0.5, 0.6) is 0 Å². The summed E-state index contributed by atoms with van der Waals surface area (Å²) < 4.78 is 6.40. The quantitative estimate of drug-likeness (QED) is 0.848. The predicted molar refractivity (Wildman–Crippen MR) is 65.1 cm³/mol.